The molecule has 0 heterocycles. The molecule has 0 fully saturated rings. The Morgan fingerprint density at radius 1 is 0.608 bits per heavy atom. The van der Waals surface area contributed by atoms with E-state index in [1.807, 2.05) is 6.07 Å². The van der Waals surface area contributed by atoms with Crippen LogP contribution in [-0.2, 0) is 0 Å². The van der Waals surface area contributed by atoms with Crippen LogP contribution in [0.4, 0.5) is 17.1 Å². The smallest absolute Gasteiger partial charge is 0.347 e. The first kappa shape index (κ1) is 42.1. The van der Waals surface area contributed by atoms with Gasteiger partial charge in [-0.2, -0.15) is 0 Å². The molecular formula is C35H41Cl2N5O9. The molecule has 4 aromatic rings. The highest BCUT2D eigenvalue weighted by atomic mass is 35.5. The van der Waals surface area contributed by atoms with Crippen LogP contribution in [0.2, 0.25) is 0 Å². The van der Waals surface area contributed by atoms with Gasteiger partial charge < -0.3 is 57.3 Å². The second-order valence-corrected chi connectivity index (χ2v) is 10.7. The monoisotopic (exact) mass is 745 g/mol. The summed E-state index contributed by atoms with van der Waals surface area (Å²) in [6.07, 6.45) is 0. The van der Waals surface area contributed by atoms with E-state index in [2.05, 4.69) is 21.3 Å². The van der Waals surface area contributed by atoms with E-state index in [1.54, 1.807) is 36.4 Å². The van der Waals surface area contributed by atoms with Crippen molar-refractivity contribution >= 4 is 59.4 Å². The first-order valence-corrected chi connectivity index (χ1v) is 15.5. The number of esters is 1. The van der Waals surface area contributed by atoms with Gasteiger partial charge in [0.15, 0.2) is 0 Å². The van der Waals surface area contributed by atoms with Gasteiger partial charge in [0.25, 0.3) is 0 Å². The topological polar surface area (TPSA) is 236 Å². The number of phenolic OH excluding ortho intramolecular Hbond substituents is 3. The first-order chi connectivity index (χ1) is 23.7. The molecule has 0 saturated carbocycles. The number of carbonyl (C=O) groups excluding carboxylic acids is 3. The highest BCUT2D eigenvalue weighted by molar-refractivity contribution is 6.33. The Kier molecular flexibility index (Phi) is 17.0. The summed E-state index contributed by atoms with van der Waals surface area (Å²) >= 11 is 0. The highest BCUT2D eigenvalue weighted by Gasteiger charge is 2.37. The van der Waals surface area contributed by atoms with Crippen LogP contribution in [0.1, 0.15) is 42.2 Å². The third-order valence-corrected chi connectivity index (χ3v) is 7.28. The minimum atomic E-state index is -0.617. The van der Waals surface area contributed by atoms with E-state index in [4.69, 9.17) is 20.7 Å². The van der Waals surface area contributed by atoms with Gasteiger partial charge in [-0.3, -0.25) is 9.59 Å². The molecule has 14 nitrogen and oxygen atoms in total. The summed E-state index contributed by atoms with van der Waals surface area (Å²) in [5, 5.41) is 60.1. The number of anilines is 3. The second-order valence-electron chi connectivity index (χ2n) is 10.7. The zero-order chi connectivity index (χ0) is 35.3. The Morgan fingerprint density at radius 3 is 1.55 bits per heavy atom. The predicted molar refractivity (Wildman–Crippen MR) is 198 cm³/mol. The molecule has 0 radical (unpaired) electrons. The summed E-state index contributed by atoms with van der Waals surface area (Å²) in [7, 11) is 0. The molecule has 4 aromatic carbocycles. The standard InChI is InChI=1S/C22H28N4O6.C13H11NO3.2ClH/c27-11-9-23-5-7-25-13-1-2-14(26-8-6-24-10-12-28)18-17(13)21(31)19-15(29)3-4-16(30)20(19)22(18)32;14-9-6-7-11(12(15)8-9)13(16)17-10-4-2-1-3-5-10;;/h1-4,23-30H,5-12H2;1-8,15H,14H2;2*1H. The van der Waals surface area contributed by atoms with Crippen molar-refractivity contribution in [1.29, 1.82) is 0 Å². The van der Waals surface area contributed by atoms with Crippen molar-refractivity contribution in [1.82, 2.24) is 10.6 Å². The Bertz CT molecular complexity index is 1720. The number of aliphatic hydroxyl groups is 2. The van der Waals surface area contributed by atoms with Gasteiger partial charge in [0, 0.05) is 62.4 Å². The number of para-hydroxylation sites is 1. The van der Waals surface area contributed by atoms with Crippen molar-refractivity contribution in [3.05, 3.63) is 101 Å². The summed E-state index contributed by atoms with van der Waals surface area (Å²) < 4.78 is 5.08. The van der Waals surface area contributed by atoms with Crippen LogP contribution in [0.3, 0.4) is 0 Å². The van der Waals surface area contributed by atoms with Gasteiger partial charge in [-0.05, 0) is 48.5 Å². The quantitative estimate of drug-likeness (QED) is 0.0259. The molecule has 0 saturated heterocycles. The number of nitrogen functional groups attached to an aromatic ring is 1. The Morgan fingerprint density at radius 2 is 1.10 bits per heavy atom. The predicted octanol–water partition coefficient (Wildman–Crippen LogP) is 2.90. The maximum atomic E-state index is 13.4. The van der Waals surface area contributed by atoms with Crippen molar-refractivity contribution < 1.29 is 44.7 Å². The van der Waals surface area contributed by atoms with Crippen LogP contribution < -0.4 is 31.7 Å². The lowest BCUT2D eigenvalue weighted by Gasteiger charge is -2.25. The Labute approximate surface area is 306 Å². The van der Waals surface area contributed by atoms with Gasteiger partial charge in [-0.1, -0.05) is 18.2 Å². The number of nitrogens with one attached hydrogen (secondary N) is 4. The minimum absolute atomic E-state index is 0. The SMILES string of the molecule is Cl.Cl.Nc1ccc(C(=O)Oc2ccccc2)c(O)c1.O=C1c2c(O)ccc(O)c2C(=O)c2c(NCCNCCO)ccc(NCCNCCO)c21. The van der Waals surface area contributed by atoms with Crippen molar-refractivity contribution in [2.45, 2.75) is 0 Å². The summed E-state index contributed by atoms with van der Waals surface area (Å²) in [5.74, 6) is -2.24. The fourth-order valence-electron chi connectivity index (χ4n) is 5.01. The van der Waals surface area contributed by atoms with Crippen LogP contribution in [0.5, 0.6) is 23.0 Å². The number of nitrogens with two attached hydrogens (primary N) is 1. The van der Waals surface area contributed by atoms with Crippen molar-refractivity contribution in [2.75, 3.05) is 68.8 Å². The number of ketones is 2. The van der Waals surface area contributed by atoms with E-state index < -0.39 is 17.5 Å². The average molecular weight is 747 g/mol. The van der Waals surface area contributed by atoms with Crippen molar-refractivity contribution in [3.8, 4) is 23.0 Å². The molecule has 0 spiro atoms. The number of fused-ring (bicyclic) bond motifs is 2. The molecule has 0 bridgehead atoms. The van der Waals surface area contributed by atoms with Crippen molar-refractivity contribution in [3.63, 3.8) is 0 Å². The lowest BCUT2D eigenvalue weighted by Crippen LogP contribution is -2.28. The highest BCUT2D eigenvalue weighted by Crippen LogP contribution is 2.42. The van der Waals surface area contributed by atoms with E-state index in [0.29, 0.717) is 62.1 Å². The van der Waals surface area contributed by atoms with Gasteiger partial charge in [0.05, 0.1) is 35.5 Å². The van der Waals surface area contributed by atoms with E-state index >= 15 is 0 Å². The van der Waals surface area contributed by atoms with E-state index in [-0.39, 0.29) is 83.1 Å². The molecule has 0 atom stereocenters. The molecule has 0 unspecified atom stereocenters. The third kappa shape index (κ3) is 10.7. The maximum Gasteiger partial charge on any atom is 0.347 e. The van der Waals surface area contributed by atoms with Crippen LogP contribution in [0.15, 0.2) is 72.8 Å². The van der Waals surface area contributed by atoms with Crippen molar-refractivity contribution in [2.24, 2.45) is 0 Å². The Balaban J connectivity index is 0.000000402. The zero-order valence-corrected chi connectivity index (χ0v) is 29.0. The van der Waals surface area contributed by atoms with Crippen LogP contribution >= 0.6 is 24.8 Å². The summed E-state index contributed by atoms with van der Waals surface area (Å²) in [5.41, 5.74) is 6.62. The largest absolute Gasteiger partial charge is 0.507 e. The van der Waals surface area contributed by atoms with Gasteiger partial charge >= 0.3 is 5.97 Å². The molecule has 1 aliphatic carbocycles. The molecule has 0 aliphatic heterocycles. The van der Waals surface area contributed by atoms with E-state index in [9.17, 15) is 29.7 Å². The summed E-state index contributed by atoms with van der Waals surface area (Å²) in [6, 6.07) is 18.7. The number of hydrogen-bond acceptors (Lipinski definition) is 14. The number of halogens is 2. The van der Waals surface area contributed by atoms with E-state index in [0.717, 1.165) is 0 Å². The number of aliphatic hydroxyl groups excluding tert-OH is 2. The van der Waals surface area contributed by atoms with Crippen LogP contribution in [0.25, 0.3) is 0 Å². The molecule has 5 rings (SSSR count). The van der Waals surface area contributed by atoms with Crippen LogP contribution in [-0.4, -0.2) is 95.6 Å². The number of carbonyl (C=O) groups is 3. The third-order valence-electron chi connectivity index (χ3n) is 7.28. The van der Waals surface area contributed by atoms with E-state index in [1.165, 1.54) is 30.3 Å². The zero-order valence-electron chi connectivity index (χ0n) is 27.3. The summed E-state index contributed by atoms with van der Waals surface area (Å²) in [4.78, 5) is 38.5. The molecule has 51 heavy (non-hydrogen) atoms. The number of hydrogen-bond donors (Lipinski definition) is 10. The lowest BCUT2D eigenvalue weighted by atomic mass is 9.81. The lowest BCUT2D eigenvalue weighted by molar-refractivity contribution is 0.0731. The second kappa shape index (κ2) is 20.6. The van der Waals surface area contributed by atoms with Gasteiger partial charge in [0.1, 0.15) is 28.6 Å². The number of rotatable bonds is 14. The number of ether oxygens (including phenoxy) is 1. The van der Waals surface area contributed by atoms with Crippen LogP contribution in [0, 0.1) is 0 Å². The van der Waals surface area contributed by atoms with Gasteiger partial charge in [-0.15, -0.1) is 24.8 Å². The number of benzene rings is 4. The number of aromatic hydroxyl groups is 3. The normalized spacial score (nSPS) is 11.1. The molecule has 16 heteroatoms. The minimum Gasteiger partial charge on any atom is -0.507 e. The fourth-order valence-corrected chi connectivity index (χ4v) is 5.01. The first-order valence-electron chi connectivity index (χ1n) is 15.5. The average Bonchev–Trinajstić information content (AvgIpc) is 3.08. The maximum absolute atomic E-state index is 13.4. The molecule has 274 valence electrons. The molecule has 0 amide bonds. The van der Waals surface area contributed by atoms with Gasteiger partial charge in [-0.25, -0.2) is 4.79 Å². The Hall–Kier alpha value is -5.09. The molecule has 0 aromatic heterocycles. The number of phenols is 3. The molecule has 1 aliphatic rings. The summed E-state index contributed by atoms with van der Waals surface area (Å²) in [6.45, 7) is 2.81. The fraction of sp³-hybridized carbons (Fsp3) is 0.229. The van der Waals surface area contributed by atoms with Gasteiger partial charge in [0.2, 0.25) is 11.6 Å². The molecular weight excluding hydrogens is 705 g/mol. The molecule has 11 N–H and O–H groups in total.